The maximum absolute atomic E-state index is 13.2. The minimum Gasteiger partial charge on any atom is -0.477 e. The van der Waals surface area contributed by atoms with Gasteiger partial charge in [0.2, 0.25) is 0 Å². The lowest BCUT2D eigenvalue weighted by atomic mass is 10.1. The molecule has 0 radical (unpaired) electrons. The lowest BCUT2D eigenvalue weighted by Crippen LogP contribution is -2.50. The molecule has 0 unspecified atom stereocenters. The molecule has 164 valence electrons. The number of nitrogens with one attached hydrogen (secondary N) is 1. The first-order valence-corrected chi connectivity index (χ1v) is 9.89. The van der Waals surface area contributed by atoms with Crippen LogP contribution >= 0.6 is 0 Å². The third-order valence-corrected chi connectivity index (χ3v) is 5.06. The van der Waals surface area contributed by atoms with E-state index in [4.69, 9.17) is 4.74 Å². The van der Waals surface area contributed by atoms with Crippen molar-refractivity contribution in [1.29, 1.82) is 0 Å². The number of hydrogen-bond donors (Lipinski definition) is 1. The van der Waals surface area contributed by atoms with Crippen molar-refractivity contribution in [3.05, 3.63) is 95.6 Å². The van der Waals surface area contributed by atoms with Crippen LogP contribution in [0.1, 0.15) is 21.5 Å². The number of para-hydroxylation sites is 2. The fourth-order valence-corrected chi connectivity index (χ4v) is 3.45. The van der Waals surface area contributed by atoms with Gasteiger partial charge in [-0.15, -0.1) is 0 Å². The van der Waals surface area contributed by atoms with Crippen LogP contribution in [0, 0.1) is 0 Å². The number of carbonyl (C=O) groups is 2. The maximum atomic E-state index is 13.2. The molecule has 0 aromatic heterocycles. The smallest absolute Gasteiger partial charge is 0.416 e. The van der Waals surface area contributed by atoms with Crippen LogP contribution in [-0.2, 0) is 17.5 Å². The molecule has 0 spiro atoms. The standard InChI is InChI=1S/C24H19F3N2O3/c25-24(26,27)18-10-6-9-17(13-18)23(31)29-15-21(32-20-12-5-4-11-19(20)29)22(30)28-14-16-7-2-1-3-8-16/h1-13,21H,14-15H2,(H,28,30)/t21-/m1/s1. The van der Waals surface area contributed by atoms with Crippen molar-refractivity contribution in [3.63, 3.8) is 0 Å². The average molecular weight is 440 g/mol. The normalized spacial score (nSPS) is 15.5. The Morgan fingerprint density at radius 2 is 1.69 bits per heavy atom. The summed E-state index contributed by atoms with van der Waals surface area (Å²) in [4.78, 5) is 27.2. The maximum Gasteiger partial charge on any atom is 0.416 e. The second kappa shape index (κ2) is 8.74. The third kappa shape index (κ3) is 4.59. The van der Waals surface area contributed by atoms with Crippen LogP contribution in [0.15, 0.2) is 78.9 Å². The molecule has 32 heavy (non-hydrogen) atoms. The Bertz CT molecular complexity index is 1130. The Morgan fingerprint density at radius 3 is 2.44 bits per heavy atom. The second-order valence-electron chi connectivity index (χ2n) is 7.27. The van der Waals surface area contributed by atoms with Crippen molar-refractivity contribution >= 4 is 17.5 Å². The molecule has 5 nitrogen and oxygen atoms in total. The summed E-state index contributed by atoms with van der Waals surface area (Å²) >= 11 is 0. The highest BCUT2D eigenvalue weighted by molar-refractivity contribution is 6.08. The van der Waals surface area contributed by atoms with E-state index in [1.165, 1.54) is 17.0 Å². The minimum atomic E-state index is -4.57. The fourth-order valence-electron chi connectivity index (χ4n) is 3.45. The van der Waals surface area contributed by atoms with Crippen LogP contribution in [0.3, 0.4) is 0 Å². The van der Waals surface area contributed by atoms with E-state index < -0.39 is 29.7 Å². The van der Waals surface area contributed by atoms with Gasteiger partial charge in [0, 0.05) is 12.1 Å². The van der Waals surface area contributed by atoms with Crippen molar-refractivity contribution in [3.8, 4) is 5.75 Å². The predicted molar refractivity (Wildman–Crippen MR) is 112 cm³/mol. The van der Waals surface area contributed by atoms with Gasteiger partial charge in [0.15, 0.2) is 6.10 Å². The Morgan fingerprint density at radius 1 is 0.969 bits per heavy atom. The van der Waals surface area contributed by atoms with Crippen LogP contribution in [0.2, 0.25) is 0 Å². The van der Waals surface area contributed by atoms with Gasteiger partial charge in [-0.25, -0.2) is 0 Å². The van der Waals surface area contributed by atoms with Gasteiger partial charge in [-0.05, 0) is 35.9 Å². The number of alkyl halides is 3. The van der Waals surface area contributed by atoms with Crippen molar-refractivity contribution in [2.45, 2.75) is 18.8 Å². The van der Waals surface area contributed by atoms with Crippen molar-refractivity contribution < 1.29 is 27.5 Å². The quantitative estimate of drug-likeness (QED) is 0.653. The average Bonchev–Trinajstić information content (AvgIpc) is 2.81. The van der Waals surface area contributed by atoms with Crippen LogP contribution in [0.25, 0.3) is 0 Å². The number of nitrogens with zero attached hydrogens (tertiary/aromatic N) is 1. The first-order chi connectivity index (χ1) is 15.3. The molecule has 1 heterocycles. The zero-order valence-electron chi connectivity index (χ0n) is 16.8. The van der Waals surface area contributed by atoms with Gasteiger partial charge in [-0.3, -0.25) is 9.59 Å². The van der Waals surface area contributed by atoms with E-state index in [2.05, 4.69) is 5.32 Å². The van der Waals surface area contributed by atoms with E-state index >= 15 is 0 Å². The molecule has 3 aromatic carbocycles. The molecule has 0 saturated carbocycles. The first kappa shape index (κ1) is 21.4. The summed E-state index contributed by atoms with van der Waals surface area (Å²) in [5.41, 5.74) is 0.248. The number of carbonyl (C=O) groups excluding carboxylic acids is 2. The van der Waals surface area contributed by atoms with Crippen molar-refractivity contribution in [2.24, 2.45) is 0 Å². The van der Waals surface area contributed by atoms with Gasteiger partial charge < -0.3 is 15.0 Å². The Balaban J connectivity index is 1.57. The fraction of sp³-hybridized carbons (Fsp3) is 0.167. The molecule has 1 aliphatic heterocycles. The van der Waals surface area contributed by atoms with E-state index in [-0.39, 0.29) is 18.7 Å². The minimum absolute atomic E-state index is 0.125. The second-order valence-corrected chi connectivity index (χ2v) is 7.27. The number of rotatable bonds is 4. The number of anilines is 1. The predicted octanol–water partition coefficient (Wildman–Crippen LogP) is 4.43. The van der Waals surface area contributed by atoms with Gasteiger partial charge in [0.05, 0.1) is 17.8 Å². The van der Waals surface area contributed by atoms with E-state index in [0.29, 0.717) is 11.4 Å². The van der Waals surface area contributed by atoms with E-state index in [1.807, 2.05) is 30.3 Å². The molecule has 0 bridgehead atoms. The van der Waals surface area contributed by atoms with Crippen molar-refractivity contribution in [1.82, 2.24) is 5.32 Å². The van der Waals surface area contributed by atoms with Gasteiger partial charge in [0.1, 0.15) is 5.75 Å². The van der Waals surface area contributed by atoms with Gasteiger partial charge in [0.25, 0.3) is 11.8 Å². The number of ether oxygens (including phenoxy) is 1. The van der Waals surface area contributed by atoms with E-state index in [0.717, 1.165) is 17.7 Å². The monoisotopic (exact) mass is 440 g/mol. The van der Waals surface area contributed by atoms with Gasteiger partial charge >= 0.3 is 6.18 Å². The molecule has 3 aromatic rings. The lowest BCUT2D eigenvalue weighted by Gasteiger charge is -2.34. The SMILES string of the molecule is O=C(NCc1ccccc1)[C@H]1CN(C(=O)c2cccc(C(F)(F)F)c2)c2ccccc2O1. The first-order valence-electron chi connectivity index (χ1n) is 9.89. The van der Waals surface area contributed by atoms with Crippen LogP contribution < -0.4 is 15.0 Å². The summed E-state index contributed by atoms with van der Waals surface area (Å²) in [7, 11) is 0. The zero-order chi connectivity index (χ0) is 22.7. The molecular formula is C24H19F3N2O3. The molecule has 2 amide bonds. The van der Waals surface area contributed by atoms with Crippen molar-refractivity contribution in [2.75, 3.05) is 11.4 Å². The van der Waals surface area contributed by atoms with E-state index in [1.54, 1.807) is 24.3 Å². The highest BCUT2D eigenvalue weighted by atomic mass is 19.4. The van der Waals surface area contributed by atoms with Crippen LogP contribution in [0.4, 0.5) is 18.9 Å². The molecule has 8 heteroatoms. The summed E-state index contributed by atoms with van der Waals surface area (Å²) in [6.07, 6.45) is -5.58. The Kier molecular flexibility index (Phi) is 5.85. The largest absolute Gasteiger partial charge is 0.477 e. The Hall–Kier alpha value is -3.81. The number of halogens is 3. The zero-order valence-corrected chi connectivity index (χ0v) is 16.8. The molecule has 1 N–H and O–H groups in total. The summed E-state index contributed by atoms with van der Waals surface area (Å²) in [5.74, 6) is -0.767. The molecule has 0 aliphatic carbocycles. The summed E-state index contributed by atoms with van der Waals surface area (Å²) in [5, 5.41) is 2.78. The molecule has 0 fully saturated rings. The van der Waals surface area contributed by atoms with E-state index in [9.17, 15) is 22.8 Å². The molecule has 0 saturated heterocycles. The Labute approximate surface area is 182 Å². The van der Waals surface area contributed by atoms with Gasteiger partial charge in [-0.1, -0.05) is 48.5 Å². The van der Waals surface area contributed by atoms with Crippen LogP contribution in [0.5, 0.6) is 5.75 Å². The summed E-state index contributed by atoms with van der Waals surface area (Å²) in [6.45, 7) is 0.148. The highest BCUT2D eigenvalue weighted by Crippen LogP contribution is 2.35. The molecule has 1 atom stereocenters. The molecular weight excluding hydrogens is 421 g/mol. The third-order valence-electron chi connectivity index (χ3n) is 5.06. The molecule has 4 rings (SSSR count). The van der Waals surface area contributed by atoms with Gasteiger partial charge in [-0.2, -0.15) is 13.2 Å². The highest BCUT2D eigenvalue weighted by Gasteiger charge is 2.35. The lowest BCUT2D eigenvalue weighted by molar-refractivity contribution is -0.137. The van der Waals surface area contributed by atoms with Crippen LogP contribution in [-0.4, -0.2) is 24.5 Å². The summed E-state index contributed by atoms with van der Waals surface area (Å²) < 4.78 is 45.1. The number of fused-ring (bicyclic) bond motifs is 1. The summed E-state index contributed by atoms with van der Waals surface area (Å²) in [6, 6.07) is 20.1. The number of amides is 2. The number of hydrogen-bond acceptors (Lipinski definition) is 3. The topological polar surface area (TPSA) is 58.6 Å². The molecule has 1 aliphatic rings. The number of benzene rings is 3.